The lowest BCUT2D eigenvalue weighted by molar-refractivity contribution is 0.206. The molecule has 0 saturated carbocycles. The van der Waals surface area contributed by atoms with E-state index in [0.717, 1.165) is 43.5 Å². The molecule has 3 heterocycles. The third-order valence-electron chi connectivity index (χ3n) is 4.72. The molecular weight excluding hydrogens is 438 g/mol. The zero-order chi connectivity index (χ0) is 19.1. The lowest BCUT2D eigenvalue weighted by atomic mass is 10.2. The van der Waals surface area contributed by atoms with Gasteiger partial charge in [0.2, 0.25) is 4.96 Å². The van der Waals surface area contributed by atoms with Crippen LogP contribution in [0, 0.1) is 0 Å². The third-order valence-corrected chi connectivity index (χ3v) is 6.27. The Kier molecular flexibility index (Phi) is 4.37. The van der Waals surface area contributed by atoms with E-state index < -0.39 is 0 Å². The molecule has 1 aliphatic heterocycles. The number of aromatic nitrogens is 3. The predicted octanol–water partition coefficient (Wildman–Crippen LogP) is 4.81. The molecule has 0 unspecified atom stereocenters. The molecule has 0 saturated heterocycles. The average molecular weight is 454 g/mol. The Morgan fingerprint density at radius 2 is 2.00 bits per heavy atom. The van der Waals surface area contributed by atoms with Crippen LogP contribution in [0.25, 0.3) is 16.3 Å². The second-order valence-electron chi connectivity index (χ2n) is 6.58. The largest absolute Gasteiger partial charge is 0.322 e. The van der Waals surface area contributed by atoms with Crippen molar-refractivity contribution in [2.24, 2.45) is 0 Å². The average Bonchev–Trinajstić information content (AvgIpc) is 3.26. The van der Waals surface area contributed by atoms with E-state index in [1.54, 1.807) is 11.3 Å². The molecule has 4 aromatic rings. The van der Waals surface area contributed by atoms with Crippen molar-refractivity contribution in [3.8, 4) is 11.4 Å². The summed E-state index contributed by atoms with van der Waals surface area (Å²) < 4.78 is 2.87. The molecule has 5 rings (SSSR count). The van der Waals surface area contributed by atoms with Gasteiger partial charge < -0.3 is 10.2 Å². The van der Waals surface area contributed by atoms with Gasteiger partial charge in [0.25, 0.3) is 0 Å². The highest BCUT2D eigenvalue weighted by Crippen LogP contribution is 2.30. The van der Waals surface area contributed by atoms with Crippen LogP contribution in [-0.2, 0) is 13.0 Å². The molecule has 2 aromatic carbocycles. The molecule has 8 heteroatoms. The molecule has 0 aliphatic carbocycles. The van der Waals surface area contributed by atoms with Crippen molar-refractivity contribution in [2.45, 2.75) is 13.0 Å². The van der Waals surface area contributed by atoms with Gasteiger partial charge in [0.15, 0.2) is 5.82 Å². The van der Waals surface area contributed by atoms with Crippen LogP contribution in [0.1, 0.15) is 10.6 Å². The first kappa shape index (κ1) is 17.4. The zero-order valence-electron chi connectivity index (χ0n) is 14.8. The fraction of sp³-hybridized carbons (Fsp3) is 0.150. The summed E-state index contributed by atoms with van der Waals surface area (Å²) in [6.45, 7) is 1.23. The number of hydrogen-bond acceptors (Lipinski definition) is 4. The third kappa shape index (κ3) is 3.18. The number of halogens is 1. The SMILES string of the molecule is O=C(Nc1cccc(Br)c1)N1CCc2c(sc3nc(-c4ccccc4)nn23)C1. The summed E-state index contributed by atoms with van der Waals surface area (Å²) in [5.74, 6) is 0.740. The summed E-state index contributed by atoms with van der Waals surface area (Å²) in [4.78, 5) is 21.2. The van der Waals surface area contributed by atoms with Gasteiger partial charge in [-0.2, -0.15) is 4.98 Å². The number of carbonyl (C=O) groups is 1. The normalized spacial score (nSPS) is 13.5. The van der Waals surface area contributed by atoms with Crippen molar-refractivity contribution >= 4 is 43.9 Å². The van der Waals surface area contributed by atoms with Crippen molar-refractivity contribution < 1.29 is 4.79 Å². The monoisotopic (exact) mass is 453 g/mol. The Balaban J connectivity index is 1.36. The molecule has 0 radical (unpaired) electrons. The van der Waals surface area contributed by atoms with E-state index >= 15 is 0 Å². The quantitative estimate of drug-likeness (QED) is 0.473. The molecule has 0 bridgehead atoms. The Hall–Kier alpha value is -2.71. The van der Waals surface area contributed by atoms with Gasteiger partial charge in [-0.05, 0) is 18.2 Å². The molecular formula is C20H16BrN5OS. The van der Waals surface area contributed by atoms with Crippen LogP contribution in [0.5, 0.6) is 0 Å². The standard InChI is InChI=1S/C20H16BrN5OS/c21-14-7-4-8-15(11-14)22-19(27)25-10-9-16-17(12-25)28-20-23-18(24-26(16)20)13-5-2-1-3-6-13/h1-8,11H,9-10,12H2,(H,22,27). The fourth-order valence-electron chi connectivity index (χ4n) is 3.34. The number of rotatable bonds is 2. The van der Waals surface area contributed by atoms with Crippen LogP contribution in [0.15, 0.2) is 59.1 Å². The summed E-state index contributed by atoms with van der Waals surface area (Å²) in [5.41, 5.74) is 2.94. The Morgan fingerprint density at radius 1 is 1.14 bits per heavy atom. The number of nitrogens with zero attached hydrogens (tertiary/aromatic N) is 4. The lowest BCUT2D eigenvalue weighted by Gasteiger charge is -2.26. The van der Waals surface area contributed by atoms with Crippen molar-refractivity contribution in [2.75, 3.05) is 11.9 Å². The van der Waals surface area contributed by atoms with Crippen molar-refractivity contribution in [1.29, 1.82) is 0 Å². The van der Waals surface area contributed by atoms with E-state index in [1.807, 2.05) is 64.0 Å². The Bertz CT molecular complexity index is 1170. The number of amides is 2. The number of benzene rings is 2. The number of nitrogens with one attached hydrogen (secondary N) is 1. The number of urea groups is 1. The minimum atomic E-state index is -0.0901. The summed E-state index contributed by atoms with van der Waals surface area (Å²) in [6, 6.07) is 17.5. The van der Waals surface area contributed by atoms with Crippen LogP contribution in [0.3, 0.4) is 0 Å². The highest BCUT2D eigenvalue weighted by atomic mass is 79.9. The zero-order valence-corrected chi connectivity index (χ0v) is 17.2. The second kappa shape index (κ2) is 7.03. The highest BCUT2D eigenvalue weighted by molar-refractivity contribution is 9.10. The first-order chi connectivity index (χ1) is 13.7. The minimum Gasteiger partial charge on any atom is -0.319 e. The van der Waals surface area contributed by atoms with E-state index in [1.165, 1.54) is 0 Å². The van der Waals surface area contributed by atoms with Gasteiger partial charge in [-0.15, -0.1) is 5.10 Å². The van der Waals surface area contributed by atoms with Gasteiger partial charge >= 0.3 is 6.03 Å². The van der Waals surface area contributed by atoms with E-state index in [4.69, 9.17) is 5.10 Å². The lowest BCUT2D eigenvalue weighted by Crippen LogP contribution is -2.38. The first-order valence-corrected chi connectivity index (χ1v) is 10.5. The Morgan fingerprint density at radius 3 is 2.82 bits per heavy atom. The maximum atomic E-state index is 12.6. The van der Waals surface area contributed by atoms with Gasteiger partial charge in [0, 0.05) is 33.6 Å². The van der Waals surface area contributed by atoms with Gasteiger partial charge in [0.1, 0.15) is 0 Å². The number of thiazole rings is 1. The maximum absolute atomic E-state index is 12.6. The first-order valence-electron chi connectivity index (χ1n) is 8.91. The van der Waals surface area contributed by atoms with E-state index in [0.29, 0.717) is 13.1 Å². The topological polar surface area (TPSA) is 62.5 Å². The van der Waals surface area contributed by atoms with Crippen LogP contribution in [0.4, 0.5) is 10.5 Å². The van der Waals surface area contributed by atoms with E-state index in [2.05, 4.69) is 26.2 Å². The minimum absolute atomic E-state index is 0.0901. The van der Waals surface area contributed by atoms with Crippen LogP contribution >= 0.6 is 27.3 Å². The number of fused-ring (bicyclic) bond motifs is 3. The van der Waals surface area contributed by atoms with Gasteiger partial charge in [0.05, 0.1) is 12.2 Å². The molecule has 6 nitrogen and oxygen atoms in total. The molecule has 28 heavy (non-hydrogen) atoms. The van der Waals surface area contributed by atoms with E-state index in [-0.39, 0.29) is 6.03 Å². The highest BCUT2D eigenvalue weighted by Gasteiger charge is 2.26. The molecule has 1 N–H and O–H groups in total. The Labute approximate surface area is 174 Å². The molecule has 0 spiro atoms. The van der Waals surface area contributed by atoms with Crippen molar-refractivity contribution in [3.05, 3.63) is 69.6 Å². The molecule has 140 valence electrons. The van der Waals surface area contributed by atoms with Crippen LogP contribution < -0.4 is 5.32 Å². The summed E-state index contributed by atoms with van der Waals surface area (Å²) in [7, 11) is 0. The summed E-state index contributed by atoms with van der Waals surface area (Å²) in [6.07, 6.45) is 0.763. The smallest absolute Gasteiger partial charge is 0.319 e. The van der Waals surface area contributed by atoms with Gasteiger partial charge in [-0.25, -0.2) is 9.31 Å². The number of hydrogen-bond donors (Lipinski definition) is 1. The summed E-state index contributed by atoms with van der Waals surface area (Å²) in [5, 5.41) is 7.66. The maximum Gasteiger partial charge on any atom is 0.322 e. The van der Waals surface area contributed by atoms with Crippen molar-refractivity contribution in [3.63, 3.8) is 0 Å². The number of anilines is 1. The predicted molar refractivity (Wildman–Crippen MR) is 114 cm³/mol. The molecule has 0 atom stereocenters. The number of carbonyl (C=O) groups excluding carboxylic acids is 1. The molecule has 0 fully saturated rings. The van der Waals surface area contributed by atoms with E-state index in [9.17, 15) is 4.79 Å². The summed E-state index contributed by atoms with van der Waals surface area (Å²) >= 11 is 5.03. The molecule has 1 aliphatic rings. The van der Waals surface area contributed by atoms with Crippen LogP contribution in [0.2, 0.25) is 0 Å². The van der Waals surface area contributed by atoms with Crippen molar-refractivity contribution in [1.82, 2.24) is 19.5 Å². The fourth-order valence-corrected chi connectivity index (χ4v) is 4.86. The van der Waals surface area contributed by atoms with Crippen LogP contribution in [-0.4, -0.2) is 32.1 Å². The second-order valence-corrected chi connectivity index (χ2v) is 8.56. The molecule has 2 amide bonds. The van der Waals surface area contributed by atoms with Gasteiger partial charge in [-0.1, -0.05) is 63.7 Å². The molecule has 2 aromatic heterocycles. The van der Waals surface area contributed by atoms with Gasteiger partial charge in [-0.3, -0.25) is 0 Å².